The van der Waals surface area contributed by atoms with Crippen molar-refractivity contribution in [2.75, 3.05) is 44.6 Å². The number of carbonyl (C=O) groups is 2. The monoisotopic (exact) mass is 334 g/mol. The molecule has 3 amide bonds. The van der Waals surface area contributed by atoms with Gasteiger partial charge >= 0.3 is 6.03 Å². The zero-order valence-electron chi connectivity index (χ0n) is 14.2. The molecule has 0 unspecified atom stereocenters. The predicted molar refractivity (Wildman–Crippen MR) is 90.6 cm³/mol. The highest BCUT2D eigenvalue weighted by molar-refractivity contribution is 5.89. The lowest BCUT2D eigenvalue weighted by Crippen LogP contribution is -2.53. The molecule has 2 aliphatic heterocycles. The van der Waals surface area contributed by atoms with Gasteiger partial charge in [0.2, 0.25) is 5.91 Å². The first-order chi connectivity index (χ1) is 11.6. The molecule has 0 spiro atoms. The SMILES string of the molecule is C[C@@H]1CCCCN1C(=O)CN1CCN(C(=O)Nc2cn[nH]c2)CC1. The molecule has 2 saturated heterocycles. The van der Waals surface area contributed by atoms with Gasteiger partial charge in [-0.25, -0.2) is 4.79 Å². The summed E-state index contributed by atoms with van der Waals surface area (Å²) >= 11 is 0. The molecule has 24 heavy (non-hydrogen) atoms. The van der Waals surface area contributed by atoms with Gasteiger partial charge in [-0.3, -0.25) is 14.8 Å². The van der Waals surface area contributed by atoms with Gasteiger partial charge in [0.1, 0.15) is 0 Å². The summed E-state index contributed by atoms with van der Waals surface area (Å²) in [6.07, 6.45) is 6.65. The second-order valence-corrected chi connectivity index (χ2v) is 6.61. The van der Waals surface area contributed by atoms with E-state index in [1.807, 2.05) is 4.90 Å². The number of H-pyrrole nitrogens is 1. The molecule has 1 atom stereocenters. The highest BCUT2D eigenvalue weighted by Gasteiger charge is 2.27. The van der Waals surface area contributed by atoms with E-state index in [2.05, 4.69) is 27.3 Å². The lowest BCUT2D eigenvalue weighted by atomic mass is 10.0. The number of likely N-dealkylation sites (tertiary alicyclic amines) is 1. The van der Waals surface area contributed by atoms with E-state index in [1.165, 1.54) is 6.42 Å². The van der Waals surface area contributed by atoms with Crippen LogP contribution in [0.3, 0.4) is 0 Å². The smallest absolute Gasteiger partial charge is 0.322 e. The normalized spacial score (nSPS) is 22.5. The van der Waals surface area contributed by atoms with Gasteiger partial charge in [0, 0.05) is 45.0 Å². The Balaban J connectivity index is 1.43. The maximum Gasteiger partial charge on any atom is 0.322 e. The molecule has 0 bridgehead atoms. The number of piperazine rings is 1. The molecule has 0 radical (unpaired) electrons. The van der Waals surface area contributed by atoms with E-state index in [4.69, 9.17) is 0 Å². The molecule has 0 aromatic carbocycles. The summed E-state index contributed by atoms with van der Waals surface area (Å²) in [4.78, 5) is 30.6. The largest absolute Gasteiger partial charge is 0.339 e. The van der Waals surface area contributed by atoms with Crippen LogP contribution < -0.4 is 5.32 Å². The van der Waals surface area contributed by atoms with Crippen molar-refractivity contribution < 1.29 is 9.59 Å². The number of hydrogen-bond acceptors (Lipinski definition) is 4. The number of aromatic nitrogens is 2. The van der Waals surface area contributed by atoms with Gasteiger partial charge in [-0.05, 0) is 26.2 Å². The lowest BCUT2D eigenvalue weighted by Gasteiger charge is -2.38. The van der Waals surface area contributed by atoms with Crippen LogP contribution in [-0.4, -0.2) is 82.1 Å². The fraction of sp³-hybridized carbons (Fsp3) is 0.688. The Morgan fingerprint density at radius 3 is 2.71 bits per heavy atom. The van der Waals surface area contributed by atoms with E-state index in [-0.39, 0.29) is 11.9 Å². The Kier molecular flexibility index (Phi) is 5.34. The highest BCUT2D eigenvalue weighted by Crippen LogP contribution is 2.17. The Hall–Kier alpha value is -2.09. The topological polar surface area (TPSA) is 84.6 Å². The fourth-order valence-electron chi connectivity index (χ4n) is 3.38. The van der Waals surface area contributed by atoms with Crippen molar-refractivity contribution in [1.82, 2.24) is 24.9 Å². The van der Waals surface area contributed by atoms with Crippen molar-refractivity contribution in [2.24, 2.45) is 0 Å². The number of carbonyl (C=O) groups excluding carboxylic acids is 2. The Bertz CT molecular complexity index is 553. The maximum atomic E-state index is 12.5. The first-order valence-electron chi connectivity index (χ1n) is 8.70. The predicted octanol–water partition coefficient (Wildman–Crippen LogP) is 0.960. The highest BCUT2D eigenvalue weighted by atomic mass is 16.2. The minimum absolute atomic E-state index is 0.118. The van der Waals surface area contributed by atoms with E-state index < -0.39 is 0 Å². The van der Waals surface area contributed by atoms with Crippen LogP contribution in [0.1, 0.15) is 26.2 Å². The molecule has 0 aliphatic carbocycles. The summed E-state index contributed by atoms with van der Waals surface area (Å²) in [5.41, 5.74) is 0.664. The van der Waals surface area contributed by atoms with E-state index in [9.17, 15) is 9.59 Å². The van der Waals surface area contributed by atoms with Crippen LogP contribution in [0.4, 0.5) is 10.5 Å². The number of hydrogen-bond donors (Lipinski definition) is 2. The van der Waals surface area contributed by atoms with Gasteiger partial charge < -0.3 is 15.1 Å². The van der Waals surface area contributed by atoms with E-state index in [0.717, 1.165) is 32.5 Å². The number of urea groups is 1. The third-order valence-electron chi connectivity index (χ3n) is 4.89. The first-order valence-corrected chi connectivity index (χ1v) is 8.70. The number of rotatable bonds is 3. The summed E-state index contributed by atoms with van der Waals surface area (Å²) in [7, 11) is 0. The number of nitrogens with one attached hydrogen (secondary N) is 2. The number of anilines is 1. The summed E-state index contributed by atoms with van der Waals surface area (Å²) in [6.45, 7) is 6.20. The minimum Gasteiger partial charge on any atom is -0.339 e. The summed E-state index contributed by atoms with van der Waals surface area (Å²) in [5.74, 6) is 0.221. The number of aromatic amines is 1. The molecular formula is C16H26N6O2. The van der Waals surface area contributed by atoms with Crippen molar-refractivity contribution in [1.29, 1.82) is 0 Å². The molecule has 2 aliphatic rings. The van der Waals surface area contributed by atoms with Crippen molar-refractivity contribution in [3.8, 4) is 0 Å². The van der Waals surface area contributed by atoms with Gasteiger partial charge in [-0.1, -0.05) is 0 Å². The number of nitrogens with zero attached hydrogens (tertiary/aromatic N) is 4. The van der Waals surface area contributed by atoms with Crippen LogP contribution in [0.2, 0.25) is 0 Å². The molecule has 1 aromatic heterocycles. The van der Waals surface area contributed by atoms with E-state index in [0.29, 0.717) is 31.4 Å². The summed E-state index contributed by atoms with van der Waals surface area (Å²) < 4.78 is 0. The average molecular weight is 334 g/mol. The molecule has 0 saturated carbocycles. The second kappa shape index (κ2) is 7.65. The third kappa shape index (κ3) is 4.05. The van der Waals surface area contributed by atoms with Crippen molar-refractivity contribution in [3.63, 3.8) is 0 Å². The van der Waals surface area contributed by atoms with Crippen molar-refractivity contribution in [2.45, 2.75) is 32.2 Å². The molecule has 2 N–H and O–H groups in total. The third-order valence-corrected chi connectivity index (χ3v) is 4.89. The fourth-order valence-corrected chi connectivity index (χ4v) is 3.38. The standard InChI is InChI=1S/C16H26N6O2/c1-13-4-2-3-5-22(13)15(23)12-20-6-8-21(9-7-20)16(24)19-14-10-17-18-11-14/h10-11,13H,2-9,12H2,1H3,(H,17,18)(H,19,24)/t13-/m1/s1. The van der Waals surface area contributed by atoms with Gasteiger partial charge in [-0.15, -0.1) is 0 Å². The average Bonchev–Trinajstić information content (AvgIpc) is 3.08. The number of amides is 3. The summed E-state index contributed by atoms with van der Waals surface area (Å²) in [6, 6.07) is 0.236. The van der Waals surface area contributed by atoms with Gasteiger partial charge in [-0.2, -0.15) is 5.10 Å². The molecule has 132 valence electrons. The van der Waals surface area contributed by atoms with Crippen LogP contribution in [0, 0.1) is 0 Å². The van der Waals surface area contributed by atoms with Crippen LogP contribution >= 0.6 is 0 Å². The van der Waals surface area contributed by atoms with Gasteiger partial charge in [0.05, 0.1) is 18.4 Å². The molecule has 8 heteroatoms. The van der Waals surface area contributed by atoms with Gasteiger partial charge in [0.25, 0.3) is 0 Å². The molecule has 1 aromatic rings. The Labute approximate surface area is 142 Å². The van der Waals surface area contributed by atoms with Crippen LogP contribution in [0.5, 0.6) is 0 Å². The molecule has 2 fully saturated rings. The molecule has 3 rings (SSSR count). The van der Waals surface area contributed by atoms with Crippen LogP contribution in [0.25, 0.3) is 0 Å². The van der Waals surface area contributed by atoms with Gasteiger partial charge in [0.15, 0.2) is 0 Å². The van der Waals surface area contributed by atoms with Crippen LogP contribution in [0.15, 0.2) is 12.4 Å². The van der Waals surface area contributed by atoms with Crippen molar-refractivity contribution in [3.05, 3.63) is 12.4 Å². The quantitative estimate of drug-likeness (QED) is 0.862. The second-order valence-electron chi connectivity index (χ2n) is 6.61. The molecule has 3 heterocycles. The van der Waals surface area contributed by atoms with E-state index in [1.54, 1.807) is 17.3 Å². The summed E-state index contributed by atoms with van der Waals surface area (Å²) in [5, 5.41) is 9.28. The van der Waals surface area contributed by atoms with E-state index >= 15 is 0 Å². The Morgan fingerprint density at radius 2 is 2.04 bits per heavy atom. The minimum atomic E-state index is -0.118. The number of piperidine rings is 1. The first kappa shape index (κ1) is 16.8. The Morgan fingerprint density at radius 1 is 1.25 bits per heavy atom. The zero-order chi connectivity index (χ0) is 16.9. The molecular weight excluding hydrogens is 308 g/mol. The van der Waals surface area contributed by atoms with Crippen molar-refractivity contribution >= 4 is 17.6 Å². The lowest BCUT2D eigenvalue weighted by molar-refractivity contribution is -0.136. The van der Waals surface area contributed by atoms with Crippen LogP contribution in [-0.2, 0) is 4.79 Å². The zero-order valence-corrected chi connectivity index (χ0v) is 14.2. The maximum absolute atomic E-state index is 12.5. The molecule has 8 nitrogen and oxygen atoms in total.